The number of halogens is 6. The monoisotopic (exact) mass is 1920 g/mol. The summed E-state index contributed by atoms with van der Waals surface area (Å²) in [6, 6.07) is 12.5. The first kappa shape index (κ1) is 101. The summed E-state index contributed by atoms with van der Waals surface area (Å²) >= 11 is 16.1. The van der Waals surface area contributed by atoms with E-state index in [-0.39, 0.29) is 124 Å². The summed E-state index contributed by atoms with van der Waals surface area (Å²) in [5.41, 5.74) is 9.81. The van der Waals surface area contributed by atoms with Gasteiger partial charge in [-0.15, -0.1) is 0 Å². The molecule has 111 heavy (non-hydrogen) atoms. The molecular formula is C76H91BBr6MgN14O13. The maximum atomic E-state index is 12.4. The number of aromatic amines is 2. The van der Waals surface area contributed by atoms with Gasteiger partial charge in [0.25, 0.3) is 5.69 Å². The number of Topliss-reactive ketones (excluding diaryl/α,β-unsaturated/α-hetero) is 4. The number of carbonyl (C=O) groups excluding carboxylic acids is 6. The molecule has 4 N–H and O–H groups in total. The number of esters is 2. The standard InChI is InChI=1S/C22H26N4O3.C16H19BrN2O3.C10H9BrN2O.C8H7BrN2.C6H5BrN2O2.C6H11BrO2.C5H7BN2O2.C2H3.CH4.BrH.Mg/c1-13-21-18(7-20(25-13)16-8-23-15(3)24-9-16)19(14(2)27)11-26(21)10-17(28)12-29-22(4,5)6;1-9-15-11(6-13(17)18-9)12(10(2)20)7-19(15)8-14(21)22-16(3,4)5;1-5-10-7(3-9(11)13-5)8(4-12-10)6(2)14;1-5-8-6(2-3-10-8)4-7(9)11-5;1-4-5(9(10)11)2-3-6(7)8-4;1-6(2,3)9-5(8)4-7;1-4-7-2-5(3-8-4)6(9)10;1-2;;;/h7-9,11H,10,12H2,1-6H3;6-7H,8H2,1-5H3;3-4,12H,1-2H3;2-4,10H,1H3;2-3H,1H3;4H2,1-3H3;2-3,9-10H,1H3;1H,2H2;1H4;1H;/q;;;;;;;-1;;;+2/p-1. The fourth-order valence-corrected chi connectivity index (χ4v) is 11.9. The van der Waals surface area contributed by atoms with Gasteiger partial charge in [0, 0.05) is 105 Å². The number of nitro groups is 1. The molecule has 0 fully saturated rings. The third-order valence-corrected chi connectivity index (χ3v) is 16.5. The van der Waals surface area contributed by atoms with Crippen molar-refractivity contribution in [1.82, 2.24) is 64.0 Å². The molecule has 0 amide bonds. The Morgan fingerprint density at radius 2 is 1.02 bits per heavy atom. The van der Waals surface area contributed by atoms with Crippen LogP contribution in [0, 0.1) is 65.2 Å². The second-order valence-electron chi connectivity index (χ2n) is 26.8. The Morgan fingerprint density at radius 3 is 1.48 bits per heavy atom. The summed E-state index contributed by atoms with van der Waals surface area (Å²) < 4.78 is 22.3. The van der Waals surface area contributed by atoms with E-state index >= 15 is 0 Å². The first-order chi connectivity index (χ1) is 50.3. The van der Waals surface area contributed by atoms with E-state index in [1.54, 1.807) is 73.0 Å². The number of hydrogen-bond acceptors (Lipinski definition) is 22. The zero-order chi connectivity index (χ0) is 81.6. The molecule has 0 bridgehead atoms. The minimum absolute atomic E-state index is 0. The van der Waals surface area contributed by atoms with Gasteiger partial charge >= 0.3 is 42.1 Å². The molecule has 35 heteroatoms. The molecule has 27 nitrogen and oxygen atoms in total. The van der Waals surface area contributed by atoms with Crippen LogP contribution in [0.4, 0.5) is 5.69 Å². The Hall–Kier alpha value is -7.58. The number of carbonyl (C=O) groups is 6. The van der Waals surface area contributed by atoms with Gasteiger partial charge in [0.05, 0.1) is 67.6 Å². The molecule has 0 aliphatic heterocycles. The number of alkyl halides is 1. The maximum absolute atomic E-state index is 12.4. The molecule has 0 aliphatic carbocycles. The third kappa shape index (κ3) is 32.4. The Morgan fingerprint density at radius 1 is 0.577 bits per heavy atom. The first-order valence-corrected chi connectivity index (χ1v) is 37.3. The van der Waals surface area contributed by atoms with Gasteiger partial charge in [0.2, 0.25) is 0 Å². The number of rotatable bonds is 13. The van der Waals surface area contributed by atoms with Crippen LogP contribution in [0.5, 0.6) is 0 Å². The molecule has 0 radical (unpaired) electrons. The molecule has 0 aliphatic rings. The van der Waals surface area contributed by atoms with Crippen molar-refractivity contribution in [2.24, 2.45) is 0 Å². The van der Waals surface area contributed by atoms with Crippen LogP contribution in [0.2, 0.25) is 0 Å². The number of aromatic nitrogens is 13. The van der Waals surface area contributed by atoms with Crippen molar-refractivity contribution in [3.05, 3.63) is 191 Å². The van der Waals surface area contributed by atoms with E-state index in [1.165, 1.54) is 37.7 Å². The van der Waals surface area contributed by atoms with Crippen molar-refractivity contribution >= 4 is 200 Å². The topological polar surface area (TPSA) is 371 Å². The van der Waals surface area contributed by atoms with E-state index in [0.717, 1.165) is 75.8 Å². The van der Waals surface area contributed by atoms with E-state index in [2.05, 4.69) is 148 Å². The minimum atomic E-state index is -1.47. The predicted molar refractivity (Wildman–Crippen MR) is 448 cm³/mol. The van der Waals surface area contributed by atoms with Crippen molar-refractivity contribution in [3.8, 4) is 11.3 Å². The molecular weight excluding hydrogens is 1830 g/mol. The quantitative estimate of drug-likeness (QED) is 0.0122. The number of aryl methyl sites for hydroxylation is 7. The normalized spacial score (nSPS) is 10.6. The number of hydrogen-bond donors (Lipinski definition) is 4. The number of ether oxygens (including phenoxy) is 3. The van der Waals surface area contributed by atoms with Gasteiger partial charge in [-0.05, 0) is 232 Å². The van der Waals surface area contributed by atoms with Crippen molar-refractivity contribution in [1.29, 1.82) is 0 Å². The van der Waals surface area contributed by atoms with Gasteiger partial charge in [-0.1, -0.05) is 23.4 Å². The van der Waals surface area contributed by atoms with Crippen LogP contribution >= 0.6 is 79.6 Å². The molecule has 0 spiro atoms. The molecule has 0 unspecified atom stereocenters. The average Bonchev–Trinajstić information content (AvgIpc) is 1.68. The molecule has 590 valence electrons. The molecule has 11 rings (SSSR count). The van der Waals surface area contributed by atoms with Gasteiger partial charge in [0.1, 0.15) is 65.4 Å². The van der Waals surface area contributed by atoms with Crippen molar-refractivity contribution in [2.75, 3.05) is 11.9 Å². The smallest absolute Gasteiger partial charge is 1.00 e. The van der Waals surface area contributed by atoms with Gasteiger partial charge < -0.3 is 66.9 Å². The van der Waals surface area contributed by atoms with E-state index in [9.17, 15) is 38.9 Å². The van der Waals surface area contributed by atoms with Crippen LogP contribution in [-0.4, -0.2) is 173 Å². The van der Waals surface area contributed by atoms with E-state index in [4.69, 9.17) is 24.3 Å². The maximum Gasteiger partial charge on any atom is 2.00 e. The van der Waals surface area contributed by atoms with E-state index in [1.807, 2.05) is 127 Å². The van der Waals surface area contributed by atoms with Crippen molar-refractivity contribution in [3.63, 3.8) is 0 Å². The number of nitrogens with one attached hydrogen (secondary N) is 2. The van der Waals surface area contributed by atoms with Crippen LogP contribution in [-0.2, 0) is 41.7 Å². The van der Waals surface area contributed by atoms with Crippen LogP contribution < -0.4 is 22.4 Å². The number of H-pyrrole nitrogens is 2. The van der Waals surface area contributed by atoms with Crippen LogP contribution in [0.15, 0.2) is 117 Å². The number of fused-ring (bicyclic) bond motifs is 4. The van der Waals surface area contributed by atoms with Crippen molar-refractivity contribution < 1.29 is 74.9 Å². The SMILES string of the molecule is C.CC(=O)c1c[nH]c2c(C)nc(Br)cc12.CC(=O)c1cn(CC(=O)COC(C)(C)C)c2c(C)nc(-c3cnc(C)nc3)cc12.CC(=O)c1cn(CC(=O)OC(C)(C)C)c2c(C)nc(Br)cc12.CC(C)(C)OC(=O)CBr.Cc1nc(Br)cc2cc[nH]c12.Cc1nc(Br)ccc1[N+](=O)[O-].Cc1ncc(B(O)O)cn1.[Br-].[CH-]=C.[Mg+2]. The Labute approximate surface area is 714 Å². The van der Waals surface area contributed by atoms with Crippen molar-refractivity contribution in [2.45, 2.75) is 169 Å². The number of pyridine rings is 5. The van der Waals surface area contributed by atoms with E-state index in [0.29, 0.717) is 54.4 Å². The molecule has 0 aromatic carbocycles. The van der Waals surface area contributed by atoms with E-state index < -0.39 is 17.6 Å². The van der Waals surface area contributed by atoms with Gasteiger partial charge in [-0.25, -0.2) is 39.9 Å². The van der Waals surface area contributed by atoms with Gasteiger partial charge in [-0.3, -0.25) is 50.4 Å². The minimum Gasteiger partial charge on any atom is -1.00 e. The first-order valence-electron chi connectivity index (χ1n) is 33.0. The summed E-state index contributed by atoms with van der Waals surface area (Å²) in [5.74, 6) is 0.609. The Bertz CT molecular complexity index is 5020. The third-order valence-electron chi connectivity index (χ3n) is 14.3. The zero-order valence-electron chi connectivity index (χ0n) is 64.6. The summed E-state index contributed by atoms with van der Waals surface area (Å²) in [7, 11) is -1.47. The number of ketones is 4. The summed E-state index contributed by atoms with van der Waals surface area (Å²) in [6.07, 6.45) is 13.3. The van der Waals surface area contributed by atoms with Crippen LogP contribution in [0.1, 0.15) is 162 Å². The molecule has 0 saturated carbocycles. The van der Waals surface area contributed by atoms with Crippen LogP contribution in [0.3, 0.4) is 0 Å². The zero-order valence-corrected chi connectivity index (χ0v) is 75.5. The second kappa shape index (κ2) is 45.9. The number of nitrogens with zero attached hydrogens (tertiary/aromatic N) is 12. The Balaban J connectivity index is 0.000000670. The summed E-state index contributed by atoms with van der Waals surface area (Å²) in [5, 5.41) is 31.4. The predicted octanol–water partition coefficient (Wildman–Crippen LogP) is 12.9. The molecule has 11 heterocycles. The molecule has 0 atom stereocenters. The molecule has 11 aromatic heterocycles. The molecule has 0 saturated heterocycles. The summed E-state index contributed by atoms with van der Waals surface area (Å²) in [4.78, 5) is 124. The largest absolute Gasteiger partial charge is 2.00 e. The molecule has 11 aromatic rings. The Kier molecular flexibility index (Phi) is 42.0. The fraction of sp³-hybridized carbons (Fsp3) is 0.355. The fourth-order valence-electron chi connectivity index (χ4n) is 9.89. The van der Waals surface area contributed by atoms with Gasteiger partial charge in [-0.2, -0.15) is 0 Å². The average molecular weight is 1920 g/mol. The van der Waals surface area contributed by atoms with Crippen LogP contribution in [0.25, 0.3) is 54.9 Å². The summed E-state index contributed by atoms with van der Waals surface area (Å²) in [6.45, 7) is 41.3. The van der Waals surface area contributed by atoms with Gasteiger partial charge in [0.15, 0.2) is 23.1 Å². The second-order valence-corrected chi connectivity index (χ2v) is 30.6.